The van der Waals surface area contributed by atoms with Crippen molar-refractivity contribution in [1.82, 2.24) is 24.6 Å². The monoisotopic (exact) mass is 398 g/mol. The second-order valence-electron chi connectivity index (χ2n) is 6.51. The van der Waals surface area contributed by atoms with Gasteiger partial charge in [-0.25, -0.2) is 19.4 Å². The highest BCUT2D eigenvalue weighted by atomic mass is 35.5. The third-order valence-electron chi connectivity index (χ3n) is 4.73. The van der Waals surface area contributed by atoms with Crippen molar-refractivity contribution in [3.8, 4) is 11.3 Å². The van der Waals surface area contributed by atoms with Gasteiger partial charge in [0.25, 0.3) is 0 Å². The molecule has 0 spiro atoms. The van der Waals surface area contributed by atoms with Crippen molar-refractivity contribution in [3.05, 3.63) is 48.3 Å². The van der Waals surface area contributed by atoms with E-state index in [-0.39, 0.29) is 18.7 Å². The first-order valence-corrected chi connectivity index (χ1v) is 9.23. The standard InChI is InChI=1S/C19H19ClN6O2/c1-2-9-28-19(27)25-8-7-14(10-25)26-18-15(17(21)22-11-23-18)16(24-26)12-3-5-13(20)6-4-12/h2-6,11,14H,1,7-10H2,(H2,21,22,23). The molecule has 28 heavy (non-hydrogen) atoms. The van der Waals surface area contributed by atoms with Gasteiger partial charge in [-0.2, -0.15) is 5.10 Å². The molecule has 2 aromatic heterocycles. The predicted molar refractivity (Wildman–Crippen MR) is 107 cm³/mol. The number of ether oxygens (including phenoxy) is 1. The minimum atomic E-state index is -0.356. The van der Waals surface area contributed by atoms with E-state index in [1.807, 2.05) is 16.8 Å². The molecule has 8 nitrogen and oxygen atoms in total. The molecule has 9 heteroatoms. The Morgan fingerprint density at radius 1 is 1.36 bits per heavy atom. The molecule has 0 bridgehead atoms. The summed E-state index contributed by atoms with van der Waals surface area (Å²) in [5.74, 6) is 0.362. The van der Waals surface area contributed by atoms with Gasteiger partial charge in [0.1, 0.15) is 24.4 Å². The fraction of sp³-hybridized carbons (Fsp3) is 0.263. The molecule has 0 saturated carbocycles. The van der Waals surface area contributed by atoms with Gasteiger partial charge in [0, 0.05) is 23.7 Å². The van der Waals surface area contributed by atoms with Gasteiger partial charge in [0.05, 0.1) is 11.4 Å². The lowest BCUT2D eigenvalue weighted by Gasteiger charge is -2.16. The van der Waals surface area contributed by atoms with Crippen molar-refractivity contribution in [1.29, 1.82) is 0 Å². The molecule has 1 fully saturated rings. The molecule has 144 valence electrons. The number of fused-ring (bicyclic) bond motifs is 1. The van der Waals surface area contributed by atoms with Gasteiger partial charge in [0.15, 0.2) is 5.65 Å². The van der Waals surface area contributed by atoms with E-state index in [0.29, 0.717) is 40.7 Å². The summed E-state index contributed by atoms with van der Waals surface area (Å²) in [6.45, 7) is 4.81. The van der Waals surface area contributed by atoms with Gasteiger partial charge in [-0.15, -0.1) is 0 Å². The normalized spacial score (nSPS) is 16.5. The van der Waals surface area contributed by atoms with E-state index >= 15 is 0 Å². The average molecular weight is 399 g/mol. The molecule has 1 aromatic carbocycles. The number of halogens is 1. The van der Waals surface area contributed by atoms with Crippen LogP contribution in [0.2, 0.25) is 5.02 Å². The Kier molecular flexibility index (Phi) is 4.87. The first-order valence-electron chi connectivity index (χ1n) is 8.85. The molecule has 1 aliphatic rings. The molecule has 4 rings (SSSR count). The molecule has 1 saturated heterocycles. The van der Waals surface area contributed by atoms with E-state index in [9.17, 15) is 4.79 Å². The van der Waals surface area contributed by atoms with Crippen molar-refractivity contribution < 1.29 is 9.53 Å². The summed E-state index contributed by atoms with van der Waals surface area (Å²) in [4.78, 5) is 22.3. The smallest absolute Gasteiger partial charge is 0.410 e. The zero-order valence-corrected chi connectivity index (χ0v) is 15.8. The van der Waals surface area contributed by atoms with E-state index in [4.69, 9.17) is 27.2 Å². The maximum atomic E-state index is 12.1. The number of aromatic nitrogens is 4. The summed E-state index contributed by atoms with van der Waals surface area (Å²) in [7, 11) is 0. The lowest BCUT2D eigenvalue weighted by atomic mass is 10.1. The summed E-state index contributed by atoms with van der Waals surface area (Å²) in [6, 6.07) is 7.33. The molecule has 2 N–H and O–H groups in total. The number of nitrogen functional groups attached to an aromatic ring is 1. The lowest BCUT2D eigenvalue weighted by Crippen LogP contribution is -2.30. The summed E-state index contributed by atoms with van der Waals surface area (Å²) in [5, 5.41) is 6.12. The van der Waals surface area contributed by atoms with Crippen LogP contribution in [0.15, 0.2) is 43.2 Å². The Morgan fingerprint density at radius 2 is 2.14 bits per heavy atom. The highest BCUT2D eigenvalue weighted by Gasteiger charge is 2.31. The molecule has 1 amide bonds. The number of hydrogen-bond acceptors (Lipinski definition) is 6. The van der Waals surface area contributed by atoms with Gasteiger partial charge in [-0.05, 0) is 18.6 Å². The molecule has 0 radical (unpaired) electrons. The Balaban J connectivity index is 1.71. The van der Waals surface area contributed by atoms with Gasteiger partial charge >= 0.3 is 6.09 Å². The van der Waals surface area contributed by atoms with Crippen LogP contribution >= 0.6 is 11.6 Å². The third kappa shape index (κ3) is 3.27. The number of benzene rings is 1. The number of hydrogen-bond donors (Lipinski definition) is 1. The fourth-order valence-corrected chi connectivity index (χ4v) is 3.51. The van der Waals surface area contributed by atoms with Crippen LogP contribution in [-0.4, -0.2) is 50.4 Å². The van der Waals surface area contributed by atoms with Crippen molar-refractivity contribution in [2.45, 2.75) is 12.5 Å². The summed E-state index contributed by atoms with van der Waals surface area (Å²) in [5.41, 5.74) is 8.35. The van der Waals surface area contributed by atoms with E-state index in [0.717, 1.165) is 12.0 Å². The van der Waals surface area contributed by atoms with Crippen molar-refractivity contribution in [2.75, 3.05) is 25.4 Å². The Bertz CT molecular complexity index is 1030. The molecule has 1 aliphatic heterocycles. The zero-order chi connectivity index (χ0) is 19.7. The molecule has 1 atom stereocenters. The highest BCUT2D eigenvalue weighted by molar-refractivity contribution is 6.30. The molecule has 1 unspecified atom stereocenters. The maximum absolute atomic E-state index is 12.1. The van der Waals surface area contributed by atoms with Crippen molar-refractivity contribution in [3.63, 3.8) is 0 Å². The first kappa shape index (κ1) is 18.2. The largest absolute Gasteiger partial charge is 0.445 e. The number of anilines is 1. The second-order valence-corrected chi connectivity index (χ2v) is 6.95. The van der Waals surface area contributed by atoms with Gasteiger partial charge < -0.3 is 15.4 Å². The molecular formula is C19H19ClN6O2. The topological polar surface area (TPSA) is 99.2 Å². The predicted octanol–water partition coefficient (Wildman–Crippen LogP) is 3.30. The fourth-order valence-electron chi connectivity index (χ4n) is 3.39. The highest BCUT2D eigenvalue weighted by Crippen LogP contribution is 2.34. The third-order valence-corrected chi connectivity index (χ3v) is 4.98. The van der Waals surface area contributed by atoms with E-state index in [2.05, 4.69) is 16.5 Å². The van der Waals surface area contributed by atoms with Crippen LogP contribution in [0.3, 0.4) is 0 Å². The number of carbonyl (C=O) groups excluding carboxylic acids is 1. The Labute approximate surface area is 166 Å². The number of nitrogens with two attached hydrogens (primary N) is 1. The number of carbonyl (C=O) groups is 1. The minimum Gasteiger partial charge on any atom is -0.445 e. The van der Waals surface area contributed by atoms with Gasteiger partial charge in [0.2, 0.25) is 0 Å². The lowest BCUT2D eigenvalue weighted by molar-refractivity contribution is 0.120. The van der Waals surface area contributed by atoms with E-state index < -0.39 is 0 Å². The summed E-state index contributed by atoms with van der Waals surface area (Å²) >= 11 is 6.01. The Hall–Kier alpha value is -3.13. The van der Waals surface area contributed by atoms with Crippen LogP contribution in [0.25, 0.3) is 22.3 Å². The minimum absolute atomic E-state index is 0.0332. The van der Waals surface area contributed by atoms with Crippen LogP contribution < -0.4 is 5.73 Å². The SMILES string of the molecule is C=CCOC(=O)N1CCC(n2nc(-c3ccc(Cl)cc3)c3c(N)ncnc32)C1. The first-order chi connectivity index (χ1) is 13.6. The van der Waals surface area contributed by atoms with E-state index in [1.54, 1.807) is 23.1 Å². The second kappa shape index (κ2) is 7.47. The number of likely N-dealkylation sites (tertiary alicyclic amines) is 1. The number of nitrogens with zero attached hydrogens (tertiary/aromatic N) is 5. The van der Waals surface area contributed by atoms with Crippen molar-refractivity contribution >= 4 is 34.5 Å². The Morgan fingerprint density at radius 3 is 2.89 bits per heavy atom. The summed E-state index contributed by atoms with van der Waals surface area (Å²) < 4.78 is 6.96. The number of rotatable bonds is 4. The van der Waals surface area contributed by atoms with Crippen molar-refractivity contribution in [2.24, 2.45) is 0 Å². The van der Waals surface area contributed by atoms with Crippen LogP contribution in [0.1, 0.15) is 12.5 Å². The summed E-state index contributed by atoms with van der Waals surface area (Å²) in [6.07, 6.45) is 3.35. The van der Waals surface area contributed by atoms with Crippen LogP contribution in [0.5, 0.6) is 0 Å². The molecular weight excluding hydrogens is 380 g/mol. The van der Waals surface area contributed by atoms with Gasteiger partial charge in [-0.1, -0.05) is 36.4 Å². The zero-order valence-electron chi connectivity index (χ0n) is 15.1. The van der Waals surface area contributed by atoms with Crippen LogP contribution in [0, 0.1) is 0 Å². The molecule has 3 aromatic rings. The molecule has 3 heterocycles. The van der Waals surface area contributed by atoms with Gasteiger partial charge in [-0.3, -0.25) is 0 Å². The van der Waals surface area contributed by atoms with Crippen LogP contribution in [-0.2, 0) is 4.74 Å². The number of amides is 1. The average Bonchev–Trinajstić information content (AvgIpc) is 3.32. The van der Waals surface area contributed by atoms with E-state index in [1.165, 1.54) is 6.33 Å². The van der Waals surface area contributed by atoms with Crippen LogP contribution in [0.4, 0.5) is 10.6 Å². The maximum Gasteiger partial charge on any atom is 0.410 e. The molecule has 0 aliphatic carbocycles. The quantitative estimate of drug-likeness (QED) is 0.677.